The second-order valence-electron chi connectivity index (χ2n) is 4.54. The first kappa shape index (κ1) is 14.5. The Morgan fingerprint density at radius 1 is 1.33 bits per heavy atom. The third-order valence-corrected chi connectivity index (χ3v) is 3.40. The standard InChI is InChI=1S/C14H24N4/c1-4-11(5-2)10-18(6-3)13-8-7-12(9-17-13)14(15)16/h7-9,11H,4-6,10H2,1-3H3,(H3,15,16). The smallest absolute Gasteiger partial charge is 0.128 e. The van der Waals surface area contributed by atoms with Gasteiger partial charge in [-0.25, -0.2) is 4.98 Å². The Morgan fingerprint density at radius 2 is 2.00 bits per heavy atom. The number of nitrogens with one attached hydrogen (secondary N) is 1. The molecular weight excluding hydrogens is 224 g/mol. The molecule has 0 radical (unpaired) electrons. The first-order chi connectivity index (χ1) is 8.62. The molecule has 1 heterocycles. The van der Waals surface area contributed by atoms with E-state index in [-0.39, 0.29) is 5.84 Å². The molecule has 100 valence electrons. The number of nitrogens with two attached hydrogens (primary N) is 1. The number of anilines is 1. The highest BCUT2D eigenvalue weighted by Crippen LogP contribution is 2.16. The molecule has 0 atom stereocenters. The summed E-state index contributed by atoms with van der Waals surface area (Å²) in [6, 6.07) is 3.81. The molecule has 1 aromatic heterocycles. The number of hydrogen-bond acceptors (Lipinski definition) is 3. The SMILES string of the molecule is CCC(CC)CN(CC)c1ccc(C(=N)N)cn1. The fourth-order valence-corrected chi connectivity index (χ4v) is 1.98. The van der Waals surface area contributed by atoms with Gasteiger partial charge in [-0.15, -0.1) is 0 Å². The highest BCUT2D eigenvalue weighted by molar-refractivity contribution is 5.94. The van der Waals surface area contributed by atoms with Gasteiger partial charge in [0.05, 0.1) is 0 Å². The van der Waals surface area contributed by atoms with Crippen molar-refractivity contribution in [2.75, 3.05) is 18.0 Å². The van der Waals surface area contributed by atoms with Crippen molar-refractivity contribution in [2.45, 2.75) is 33.6 Å². The second kappa shape index (κ2) is 6.99. The van der Waals surface area contributed by atoms with Crippen molar-refractivity contribution >= 4 is 11.7 Å². The van der Waals surface area contributed by atoms with Crippen LogP contribution in [0.4, 0.5) is 5.82 Å². The Balaban J connectivity index is 2.78. The molecule has 0 aliphatic rings. The summed E-state index contributed by atoms with van der Waals surface area (Å²) in [5.74, 6) is 1.74. The predicted octanol–water partition coefficient (Wildman–Crippen LogP) is 2.63. The van der Waals surface area contributed by atoms with Gasteiger partial charge in [0.25, 0.3) is 0 Å². The van der Waals surface area contributed by atoms with Crippen LogP contribution in [-0.4, -0.2) is 23.9 Å². The molecule has 0 spiro atoms. The molecule has 3 N–H and O–H groups in total. The van der Waals surface area contributed by atoms with E-state index in [2.05, 4.69) is 30.7 Å². The van der Waals surface area contributed by atoms with E-state index >= 15 is 0 Å². The van der Waals surface area contributed by atoms with Gasteiger partial charge < -0.3 is 10.6 Å². The van der Waals surface area contributed by atoms with Crippen molar-refractivity contribution in [3.63, 3.8) is 0 Å². The van der Waals surface area contributed by atoms with E-state index in [0.29, 0.717) is 11.5 Å². The molecule has 0 unspecified atom stereocenters. The Kier molecular flexibility index (Phi) is 5.62. The molecule has 4 heteroatoms. The van der Waals surface area contributed by atoms with Gasteiger partial charge in [-0.2, -0.15) is 0 Å². The number of nitrogens with zero attached hydrogens (tertiary/aromatic N) is 2. The Hall–Kier alpha value is -1.58. The summed E-state index contributed by atoms with van der Waals surface area (Å²) >= 11 is 0. The van der Waals surface area contributed by atoms with Crippen molar-refractivity contribution in [2.24, 2.45) is 11.7 Å². The fourth-order valence-electron chi connectivity index (χ4n) is 1.98. The number of hydrogen-bond donors (Lipinski definition) is 2. The number of amidine groups is 1. The summed E-state index contributed by atoms with van der Waals surface area (Å²) in [7, 11) is 0. The molecule has 0 amide bonds. The average Bonchev–Trinajstić information content (AvgIpc) is 2.40. The summed E-state index contributed by atoms with van der Waals surface area (Å²) in [4.78, 5) is 6.68. The Morgan fingerprint density at radius 3 is 2.39 bits per heavy atom. The van der Waals surface area contributed by atoms with Crippen molar-refractivity contribution in [1.29, 1.82) is 5.41 Å². The van der Waals surface area contributed by atoms with Crippen LogP contribution in [0.2, 0.25) is 0 Å². The highest BCUT2D eigenvalue weighted by atomic mass is 15.2. The summed E-state index contributed by atoms with van der Waals surface area (Å²) < 4.78 is 0. The Bertz CT molecular complexity index is 368. The molecule has 18 heavy (non-hydrogen) atoms. The van der Waals surface area contributed by atoms with Gasteiger partial charge in [0.2, 0.25) is 0 Å². The topological polar surface area (TPSA) is 66.0 Å². The lowest BCUT2D eigenvalue weighted by atomic mass is 10.0. The van der Waals surface area contributed by atoms with Crippen LogP contribution in [0, 0.1) is 11.3 Å². The van der Waals surface area contributed by atoms with Gasteiger partial charge in [0.1, 0.15) is 11.7 Å². The molecule has 0 aliphatic carbocycles. The number of aromatic nitrogens is 1. The molecular formula is C14H24N4. The van der Waals surface area contributed by atoms with Crippen molar-refractivity contribution in [3.8, 4) is 0 Å². The van der Waals surface area contributed by atoms with Crippen molar-refractivity contribution in [3.05, 3.63) is 23.9 Å². The summed E-state index contributed by atoms with van der Waals surface area (Å²) in [5, 5.41) is 7.35. The lowest BCUT2D eigenvalue weighted by Gasteiger charge is -2.26. The van der Waals surface area contributed by atoms with E-state index in [9.17, 15) is 0 Å². The minimum Gasteiger partial charge on any atom is -0.384 e. The third kappa shape index (κ3) is 3.72. The van der Waals surface area contributed by atoms with Crippen LogP contribution in [0.25, 0.3) is 0 Å². The molecule has 0 aromatic carbocycles. The van der Waals surface area contributed by atoms with E-state index in [1.54, 1.807) is 6.20 Å². The van der Waals surface area contributed by atoms with Crippen LogP contribution in [0.15, 0.2) is 18.3 Å². The van der Waals surface area contributed by atoms with E-state index in [1.165, 1.54) is 12.8 Å². The number of pyridine rings is 1. The van der Waals surface area contributed by atoms with Crippen molar-refractivity contribution < 1.29 is 0 Å². The van der Waals surface area contributed by atoms with Crippen LogP contribution in [0.1, 0.15) is 39.2 Å². The summed E-state index contributed by atoms with van der Waals surface area (Å²) in [6.07, 6.45) is 4.06. The minimum atomic E-state index is 0.0668. The van der Waals surface area contributed by atoms with Crippen LogP contribution in [0.5, 0.6) is 0 Å². The third-order valence-electron chi connectivity index (χ3n) is 3.40. The van der Waals surface area contributed by atoms with Crippen LogP contribution >= 0.6 is 0 Å². The number of rotatable bonds is 7. The maximum atomic E-state index is 7.35. The quantitative estimate of drug-likeness (QED) is 0.576. The number of nitrogen functional groups attached to an aromatic ring is 1. The summed E-state index contributed by atoms with van der Waals surface area (Å²) in [6.45, 7) is 8.59. The van der Waals surface area contributed by atoms with E-state index in [4.69, 9.17) is 11.1 Å². The van der Waals surface area contributed by atoms with Gasteiger partial charge in [-0.05, 0) is 25.0 Å². The molecule has 0 bridgehead atoms. The maximum absolute atomic E-state index is 7.35. The van der Waals surface area contributed by atoms with Gasteiger partial charge in [0.15, 0.2) is 0 Å². The zero-order valence-corrected chi connectivity index (χ0v) is 11.6. The normalized spacial score (nSPS) is 10.7. The average molecular weight is 248 g/mol. The first-order valence-electron chi connectivity index (χ1n) is 6.67. The minimum absolute atomic E-state index is 0.0668. The van der Waals surface area contributed by atoms with Crippen molar-refractivity contribution in [1.82, 2.24) is 4.98 Å². The zero-order valence-electron chi connectivity index (χ0n) is 11.6. The van der Waals surface area contributed by atoms with E-state index < -0.39 is 0 Å². The monoisotopic (exact) mass is 248 g/mol. The van der Waals surface area contributed by atoms with Crippen LogP contribution < -0.4 is 10.6 Å². The molecule has 1 aromatic rings. The first-order valence-corrected chi connectivity index (χ1v) is 6.67. The zero-order chi connectivity index (χ0) is 13.5. The van der Waals surface area contributed by atoms with Gasteiger partial charge in [-0.1, -0.05) is 26.7 Å². The largest absolute Gasteiger partial charge is 0.384 e. The van der Waals surface area contributed by atoms with E-state index in [1.807, 2.05) is 12.1 Å². The highest BCUT2D eigenvalue weighted by Gasteiger charge is 2.11. The maximum Gasteiger partial charge on any atom is 0.128 e. The predicted molar refractivity (Wildman–Crippen MR) is 77.2 cm³/mol. The molecule has 4 nitrogen and oxygen atoms in total. The molecule has 0 saturated heterocycles. The fraction of sp³-hybridized carbons (Fsp3) is 0.571. The van der Waals surface area contributed by atoms with E-state index in [0.717, 1.165) is 18.9 Å². The van der Waals surface area contributed by atoms with Gasteiger partial charge in [0, 0.05) is 24.8 Å². The Labute approximate surface area is 110 Å². The molecule has 0 fully saturated rings. The van der Waals surface area contributed by atoms with Gasteiger partial charge in [-0.3, -0.25) is 5.41 Å². The van der Waals surface area contributed by atoms with Crippen LogP contribution in [-0.2, 0) is 0 Å². The summed E-state index contributed by atoms with van der Waals surface area (Å²) in [5.41, 5.74) is 6.10. The second-order valence-corrected chi connectivity index (χ2v) is 4.54. The molecule has 1 rings (SSSR count). The van der Waals surface area contributed by atoms with Crippen LogP contribution in [0.3, 0.4) is 0 Å². The lowest BCUT2D eigenvalue weighted by Crippen LogP contribution is -2.29. The molecule has 0 aliphatic heterocycles. The molecule has 0 saturated carbocycles. The van der Waals surface area contributed by atoms with Gasteiger partial charge >= 0.3 is 0 Å². The lowest BCUT2D eigenvalue weighted by molar-refractivity contribution is 0.484.